The minimum absolute atomic E-state index is 0.0172. The molecule has 0 spiro atoms. The van der Waals surface area contributed by atoms with E-state index in [-0.39, 0.29) is 23.4 Å². The van der Waals surface area contributed by atoms with Gasteiger partial charge in [-0.25, -0.2) is 19.7 Å². The SMILES string of the molecule is O=C(OCC1OCC(n2cnc3c(Cl)ncnc32)S1)c1ccccc1. The third-order valence-electron chi connectivity index (χ3n) is 3.72. The Kier molecular flexibility index (Phi) is 4.56. The number of fused-ring (bicyclic) bond motifs is 1. The summed E-state index contributed by atoms with van der Waals surface area (Å²) in [5.74, 6) is -0.360. The molecule has 1 fully saturated rings. The van der Waals surface area contributed by atoms with Gasteiger partial charge in [-0.2, -0.15) is 0 Å². The maximum absolute atomic E-state index is 12.0. The molecule has 25 heavy (non-hydrogen) atoms. The van der Waals surface area contributed by atoms with Crippen LogP contribution in [0, 0.1) is 0 Å². The first-order valence-corrected chi connectivity index (χ1v) is 8.87. The molecule has 7 nitrogen and oxygen atoms in total. The molecule has 0 N–H and O–H groups in total. The van der Waals surface area contributed by atoms with Crippen LogP contribution in [0.1, 0.15) is 15.7 Å². The van der Waals surface area contributed by atoms with Crippen molar-refractivity contribution in [1.29, 1.82) is 0 Å². The first kappa shape index (κ1) is 16.3. The zero-order valence-electron chi connectivity index (χ0n) is 12.9. The highest BCUT2D eigenvalue weighted by molar-refractivity contribution is 8.00. The molecule has 3 aromatic rings. The van der Waals surface area contributed by atoms with E-state index >= 15 is 0 Å². The summed E-state index contributed by atoms with van der Waals surface area (Å²) in [6, 6.07) is 8.88. The van der Waals surface area contributed by atoms with E-state index in [2.05, 4.69) is 15.0 Å². The average molecular weight is 377 g/mol. The van der Waals surface area contributed by atoms with Crippen molar-refractivity contribution < 1.29 is 14.3 Å². The average Bonchev–Trinajstić information content (AvgIpc) is 3.27. The van der Waals surface area contributed by atoms with Gasteiger partial charge in [-0.3, -0.25) is 4.57 Å². The van der Waals surface area contributed by atoms with Crippen molar-refractivity contribution in [3.8, 4) is 0 Å². The number of ether oxygens (including phenoxy) is 2. The Balaban J connectivity index is 1.40. The Morgan fingerprint density at radius 1 is 1.32 bits per heavy atom. The van der Waals surface area contributed by atoms with Crippen LogP contribution in [0.2, 0.25) is 5.15 Å². The first-order valence-electron chi connectivity index (χ1n) is 7.54. The smallest absolute Gasteiger partial charge is 0.338 e. The van der Waals surface area contributed by atoms with E-state index in [4.69, 9.17) is 21.1 Å². The minimum atomic E-state index is -0.360. The van der Waals surface area contributed by atoms with E-state index in [1.165, 1.54) is 6.33 Å². The van der Waals surface area contributed by atoms with Crippen molar-refractivity contribution in [2.45, 2.75) is 10.8 Å². The van der Waals surface area contributed by atoms with Gasteiger partial charge in [-0.15, -0.1) is 0 Å². The Hall–Kier alpha value is -2.16. The summed E-state index contributed by atoms with van der Waals surface area (Å²) in [6.45, 7) is 0.641. The molecule has 1 saturated heterocycles. The Morgan fingerprint density at radius 2 is 2.16 bits per heavy atom. The molecular weight excluding hydrogens is 364 g/mol. The van der Waals surface area contributed by atoms with Gasteiger partial charge in [-0.05, 0) is 12.1 Å². The highest BCUT2D eigenvalue weighted by Crippen LogP contribution is 2.37. The molecule has 0 radical (unpaired) electrons. The summed E-state index contributed by atoms with van der Waals surface area (Å²) >= 11 is 7.57. The molecule has 4 rings (SSSR count). The normalized spacial score (nSPS) is 20.0. The number of hydrogen-bond donors (Lipinski definition) is 0. The van der Waals surface area contributed by atoms with E-state index in [0.717, 1.165) is 0 Å². The second-order valence-electron chi connectivity index (χ2n) is 5.31. The molecule has 0 aliphatic carbocycles. The number of imidazole rings is 1. The van der Waals surface area contributed by atoms with Crippen molar-refractivity contribution >= 4 is 40.5 Å². The molecule has 0 amide bonds. The summed E-state index contributed by atoms with van der Waals surface area (Å²) < 4.78 is 12.9. The molecule has 2 unspecified atom stereocenters. The van der Waals surface area contributed by atoms with Gasteiger partial charge in [0.25, 0.3) is 0 Å². The lowest BCUT2D eigenvalue weighted by molar-refractivity contribution is 0.0274. The van der Waals surface area contributed by atoms with Crippen LogP contribution in [-0.4, -0.2) is 44.1 Å². The third-order valence-corrected chi connectivity index (χ3v) is 5.25. The van der Waals surface area contributed by atoms with Gasteiger partial charge in [0.2, 0.25) is 0 Å². The first-order chi connectivity index (χ1) is 12.2. The Labute approximate surface area is 152 Å². The molecule has 1 aromatic carbocycles. The van der Waals surface area contributed by atoms with E-state index in [1.807, 2.05) is 10.6 Å². The van der Waals surface area contributed by atoms with Crippen molar-refractivity contribution in [2.24, 2.45) is 0 Å². The highest BCUT2D eigenvalue weighted by Gasteiger charge is 2.30. The molecule has 1 aliphatic heterocycles. The second-order valence-corrected chi connectivity index (χ2v) is 7.01. The van der Waals surface area contributed by atoms with Crippen LogP contribution in [-0.2, 0) is 9.47 Å². The number of esters is 1. The van der Waals surface area contributed by atoms with Crippen LogP contribution in [0.3, 0.4) is 0 Å². The lowest BCUT2D eigenvalue weighted by Gasteiger charge is -2.11. The molecule has 3 heterocycles. The van der Waals surface area contributed by atoms with Crippen molar-refractivity contribution in [2.75, 3.05) is 13.2 Å². The molecule has 9 heteroatoms. The van der Waals surface area contributed by atoms with Crippen LogP contribution >= 0.6 is 23.4 Å². The van der Waals surface area contributed by atoms with Gasteiger partial charge in [-0.1, -0.05) is 41.6 Å². The number of rotatable bonds is 4. The number of halogens is 1. The van der Waals surface area contributed by atoms with E-state index in [9.17, 15) is 4.79 Å². The zero-order chi connectivity index (χ0) is 17.2. The topological polar surface area (TPSA) is 79.1 Å². The molecule has 0 saturated carbocycles. The monoisotopic (exact) mass is 376 g/mol. The largest absolute Gasteiger partial charge is 0.458 e. The van der Waals surface area contributed by atoms with Crippen molar-refractivity contribution in [1.82, 2.24) is 19.5 Å². The van der Waals surface area contributed by atoms with Gasteiger partial charge in [0.15, 0.2) is 10.8 Å². The van der Waals surface area contributed by atoms with Gasteiger partial charge < -0.3 is 9.47 Å². The summed E-state index contributed by atoms with van der Waals surface area (Å²) in [6.07, 6.45) is 3.08. The van der Waals surface area contributed by atoms with Gasteiger partial charge in [0, 0.05) is 0 Å². The third kappa shape index (κ3) is 3.33. The second kappa shape index (κ2) is 6.99. The molecule has 0 bridgehead atoms. The number of thioether (sulfide) groups is 1. The lowest BCUT2D eigenvalue weighted by Crippen LogP contribution is -2.15. The fraction of sp³-hybridized carbons (Fsp3) is 0.250. The van der Waals surface area contributed by atoms with Gasteiger partial charge in [0.05, 0.1) is 18.5 Å². The summed E-state index contributed by atoms with van der Waals surface area (Å²) in [5.41, 5.74) is 1.49. The molecular formula is C16H13ClN4O3S. The standard InChI is InChI=1S/C16H13ClN4O3S/c17-14-13-15(19-8-18-14)21(9-20-13)11-6-23-12(25-11)7-24-16(22)10-4-2-1-3-5-10/h1-5,8-9,11-12H,6-7H2. The number of nitrogens with zero attached hydrogens (tertiary/aromatic N) is 4. The number of hydrogen-bond acceptors (Lipinski definition) is 7. The number of carbonyl (C=O) groups excluding carboxylic acids is 1. The van der Waals surface area contributed by atoms with Crippen LogP contribution in [0.25, 0.3) is 11.2 Å². The predicted molar refractivity (Wildman–Crippen MR) is 93.4 cm³/mol. The van der Waals surface area contributed by atoms with Crippen molar-refractivity contribution in [3.63, 3.8) is 0 Å². The van der Waals surface area contributed by atoms with Gasteiger partial charge >= 0.3 is 5.97 Å². The molecule has 1 aliphatic rings. The predicted octanol–water partition coefficient (Wildman–Crippen LogP) is 2.92. The molecule has 2 atom stereocenters. The summed E-state index contributed by atoms with van der Waals surface area (Å²) in [7, 11) is 0. The van der Waals surface area contributed by atoms with Crippen LogP contribution in [0.4, 0.5) is 0 Å². The number of carbonyl (C=O) groups is 1. The zero-order valence-corrected chi connectivity index (χ0v) is 14.5. The maximum Gasteiger partial charge on any atom is 0.338 e. The van der Waals surface area contributed by atoms with E-state index in [0.29, 0.717) is 28.5 Å². The van der Waals surface area contributed by atoms with Crippen LogP contribution in [0.5, 0.6) is 0 Å². The summed E-state index contributed by atoms with van der Waals surface area (Å²) in [5, 5.41) is 0.303. The van der Waals surface area contributed by atoms with E-state index in [1.54, 1.807) is 42.4 Å². The fourth-order valence-electron chi connectivity index (χ4n) is 2.51. The quantitative estimate of drug-likeness (QED) is 0.511. The van der Waals surface area contributed by atoms with E-state index < -0.39 is 0 Å². The summed E-state index contributed by atoms with van der Waals surface area (Å²) in [4.78, 5) is 24.4. The molecule has 128 valence electrons. The van der Waals surface area contributed by atoms with Crippen LogP contribution in [0.15, 0.2) is 43.0 Å². The minimum Gasteiger partial charge on any atom is -0.458 e. The molecule has 2 aromatic heterocycles. The number of benzene rings is 1. The number of aromatic nitrogens is 4. The van der Waals surface area contributed by atoms with Gasteiger partial charge in [0.1, 0.15) is 29.3 Å². The Morgan fingerprint density at radius 3 is 3.00 bits per heavy atom. The lowest BCUT2D eigenvalue weighted by atomic mass is 10.2. The van der Waals surface area contributed by atoms with Crippen LogP contribution < -0.4 is 0 Å². The highest BCUT2D eigenvalue weighted by atomic mass is 35.5. The fourth-order valence-corrected chi connectivity index (χ4v) is 3.79. The van der Waals surface area contributed by atoms with Crippen molar-refractivity contribution in [3.05, 3.63) is 53.7 Å². The Bertz CT molecular complexity index is 905. The maximum atomic E-state index is 12.0.